The van der Waals surface area contributed by atoms with E-state index in [9.17, 15) is 9.59 Å². The summed E-state index contributed by atoms with van der Waals surface area (Å²) >= 11 is 0. The minimum atomic E-state index is -0.201. The molecule has 0 bridgehead atoms. The van der Waals surface area contributed by atoms with Crippen molar-refractivity contribution in [2.75, 3.05) is 18.9 Å². The minimum absolute atomic E-state index is 0.0333. The van der Waals surface area contributed by atoms with Crippen LogP contribution in [0, 0.1) is 0 Å². The molecule has 0 saturated heterocycles. The fourth-order valence-corrected chi connectivity index (χ4v) is 4.36. The lowest BCUT2D eigenvalue weighted by atomic mass is 10.1. The Kier molecular flexibility index (Phi) is 6.35. The van der Waals surface area contributed by atoms with E-state index in [0.717, 1.165) is 36.7 Å². The van der Waals surface area contributed by atoms with E-state index in [0.29, 0.717) is 29.4 Å². The Labute approximate surface area is 183 Å². The molecule has 2 aromatic carbocycles. The lowest BCUT2D eigenvalue weighted by Gasteiger charge is -2.20. The maximum Gasteiger partial charge on any atom is 0.255 e. The van der Waals surface area contributed by atoms with E-state index >= 15 is 0 Å². The van der Waals surface area contributed by atoms with Crippen molar-refractivity contribution >= 4 is 28.5 Å². The summed E-state index contributed by atoms with van der Waals surface area (Å²) < 4.78 is 2.17. The smallest absolute Gasteiger partial charge is 0.255 e. The minimum Gasteiger partial charge on any atom is -0.342 e. The van der Waals surface area contributed by atoms with Crippen LogP contribution in [0.25, 0.3) is 11.0 Å². The number of nitrogens with one attached hydrogen (secondary N) is 1. The highest BCUT2D eigenvalue weighted by Crippen LogP contribution is 2.34. The predicted molar refractivity (Wildman–Crippen MR) is 124 cm³/mol. The molecule has 4 rings (SSSR count). The van der Waals surface area contributed by atoms with Crippen LogP contribution in [0.3, 0.4) is 0 Å². The number of hydrogen-bond donors (Lipinski definition) is 1. The number of nitrogens with zero attached hydrogens (tertiary/aromatic N) is 3. The molecule has 1 N–H and O–H groups in total. The number of carbonyl (C=O) groups excluding carboxylic acids is 2. The molecule has 0 aliphatic heterocycles. The summed E-state index contributed by atoms with van der Waals surface area (Å²) in [5.41, 5.74) is 3.38. The van der Waals surface area contributed by atoms with Gasteiger partial charge in [-0.3, -0.25) is 9.59 Å². The zero-order valence-corrected chi connectivity index (χ0v) is 18.3. The Balaban J connectivity index is 1.73. The van der Waals surface area contributed by atoms with Gasteiger partial charge >= 0.3 is 0 Å². The van der Waals surface area contributed by atoms with Crippen molar-refractivity contribution in [2.45, 2.75) is 51.5 Å². The highest BCUT2D eigenvalue weighted by atomic mass is 16.2. The molecule has 3 aromatic rings. The molecule has 1 heterocycles. The van der Waals surface area contributed by atoms with Crippen LogP contribution in [0.2, 0.25) is 0 Å². The molecule has 0 atom stereocenters. The standard InChI is InChI=1S/C25H30N4O2/c1-3-4-14-28(2)25(31)21-15-19(27-24(30)18-10-6-5-7-11-18)16-22-23(21)29(17-26-22)20-12-8-9-13-20/h5-7,10-11,15-17,20H,3-4,8-9,12-14H2,1-2H3,(H,27,30). The third-order valence-electron chi connectivity index (χ3n) is 6.11. The summed E-state index contributed by atoms with van der Waals surface area (Å²) in [6, 6.07) is 13.1. The number of unbranched alkanes of at least 4 members (excludes halogenated alkanes) is 1. The van der Waals surface area contributed by atoms with Gasteiger partial charge in [-0.2, -0.15) is 0 Å². The van der Waals surface area contributed by atoms with Crippen LogP contribution in [-0.4, -0.2) is 39.9 Å². The van der Waals surface area contributed by atoms with Gasteiger partial charge < -0.3 is 14.8 Å². The molecule has 1 fully saturated rings. The zero-order valence-electron chi connectivity index (χ0n) is 18.3. The van der Waals surface area contributed by atoms with Gasteiger partial charge in [0.25, 0.3) is 11.8 Å². The predicted octanol–water partition coefficient (Wildman–Crippen LogP) is 5.28. The molecule has 0 radical (unpaired) electrons. The van der Waals surface area contributed by atoms with Crippen molar-refractivity contribution in [2.24, 2.45) is 0 Å². The number of rotatable bonds is 7. The Morgan fingerprint density at radius 3 is 2.61 bits per heavy atom. The van der Waals surface area contributed by atoms with Crippen LogP contribution in [0.15, 0.2) is 48.8 Å². The van der Waals surface area contributed by atoms with Crippen molar-refractivity contribution in [3.63, 3.8) is 0 Å². The Bertz CT molecular complexity index is 1070. The van der Waals surface area contributed by atoms with Crippen molar-refractivity contribution in [1.82, 2.24) is 14.5 Å². The second-order valence-electron chi connectivity index (χ2n) is 8.38. The van der Waals surface area contributed by atoms with E-state index in [1.807, 2.05) is 37.6 Å². The third-order valence-corrected chi connectivity index (χ3v) is 6.11. The molecule has 1 saturated carbocycles. The summed E-state index contributed by atoms with van der Waals surface area (Å²) in [5.74, 6) is -0.234. The van der Waals surface area contributed by atoms with Crippen molar-refractivity contribution in [3.05, 3.63) is 59.9 Å². The zero-order chi connectivity index (χ0) is 21.8. The van der Waals surface area contributed by atoms with Crippen LogP contribution in [-0.2, 0) is 0 Å². The van der Waals surface area contributed by atoms with Crippen LogP contribution in [0.1, 0.15) is 72.2 Å². The fraction of sp³-hybridized carbons (Fsp3) is 0.400. The van der Waals surface area contributed by atoms with E-state index in [1.54, 1.807) is 23.1 Å². The lowest BCUT2D eigenvalue weighted by molar-refractivity contribution is 0.0794. The molecular weight excluding hydrogens is 388 g/mol. The summed E-state index contributed by atoms with van der Waals surface area (Å²) in [4.78, 5) is 32.5. The topological polar surface area (TPSA) is 67.2 Å². The van der Waals surface area contributed by atoms with Gasteiger partial charge in [0, 0.05) is 30.9 Å². The van der Waals surface area contributed by atoms with Gasteiger partial charge in [0.05, 0.1) is 22.9 Å². The molecule has 0 spiro atoms. The SMILES string of the molecule is CCCCN(C)C(=O)c1cc(NC(=O)c2ccccc2)cc2ncn(C3CCCC3)c12. The molecule has 2 amide bonds. The Morgan fingerprint density at radius 2 is 1.90 bits per heavy atom. The fourth-order valence-electron chi connectivity index (χ4n) is 4.36. The molecule has 6 heteroatoms. The van der Waals surface area contributed by atoms with Crippen molar-refractivity contribution in [3.8, 4) is 0 Å². The lowest BCUT2D eigenvalue weighted by Crippen LogP contribution is -2.28. The maximum atomic E-state index is 13.4. The summed E-state index contributed by atoms with van der Waals surface area (Å²) in [6.45, 7) is 2.82. The number of benzene rings is 2. The molecule has 1 aliphatic carbocycles. The van der Waals surface area contributed by atoms with Gasteiger partial charge in [-0.05, 0) is 43.5 Å². The van der Waals surface area contributed by atoms with Gasteiger partial charge in [-0.1, -0.05) is 44.4 Å². The van der Waals surface area contributed by atoms with Crippen LogP contribution >= 0.6 is 0 Å². The number of anilines is 1. The third kappa shape index (κ3) is 4.48. The van der Waals surface area contributed by atoms with Crippen LogP contribution < -0.4 is 5.32 Å². The first-order chi connectivity index (χ1) is 15.1. The molecule has 162 valence electrons. The van der Waals surface area contributed by atoms with E-state index in [1.165, 1.54) is 12.8 Å². The summed E-state index contributed by atoms with van der Waals surface area (Å²) in [5, 5.41) is 2.95. The number of amides is 2. The second-order valence-corrected chi connectivity index (χ2v) is 8.38. The van der Waals surface area contributed by atoms with Gasteiger partial charge in [0.15, 0.2) is 0 Å². The average Bonchev–Trinajstić information content (AvgIpc) is 3.46. The monoisotopic (exact) mass is 418 g/mol. The molecule has 31 heavy (non-hydrogen) atoms. The van der Waals surface area contributed by atoms with Gasteiger partial charge in [-0.15, -0.1) is 0 Å². The van der Waals surface area contributed by atoms with Gasteiger partial charge in [-0.25, -0.2) is 4.98 Å². The first-order valence-corrected chi connectivity index (χ1v) is 11.2. The number of imidazole rings is 1. The quantitative estimate of drug-likeness (QED) is 0.568. The van der Waals surface area contributed by atoms with Crippen molar-refractivity contribution in [1.29, 1.82) is 0 Å². The van der Waals surface area contributed by atoms with E-state index in [4.69, 9.17) is 0 Å². The highest BCUT2D eigenvalue weighted by Gasteiger charge is 2.24. The second kappa shape index (κ2) is 9.33. The molecule has 1 aromatic heterocycles. The number of hydrogen-bond acceptors (Lipinski definition) is 3. The molecule has 1 aliphatic rings. The van der Waals surface area contributed by atoms with Crippen LogP contribution in [0.4, 0.5) is 5.69 Å². The highest BCUT2D eigenvalue weighted by molar-refractivity contribution is 6.09. The molecule has 6 nitrogen and oxygen atoms in total. The van der Waals surface area contributed by atoms with E-state index < -0.39 is 0 Å². The van der Waals surface area contributed by atoms with Crippen LogP contribution in [0.5, 0.6) is 0 Å². The number of carbonyl (C=O) groups is 2. The first-order valence-electron chi connectivity index (χ1n) is 11.2. The van der Waals surface area contributed by atoms with E-state index in [2.05, 4.69) is 21.8 Å². The maximum absolute atomic E-state index is 13.4. The summed E-state index contributed by atoms with van der Waals surface area (Å²) in [6.07, 6.45) is 8.46. The largest absolute Gasteiger partial charge is 0.342 e. The average molecular weight is 419 g/mol. The first kappa shape index (κ1) is 21.1. The molecular formula is C25H30N4O2. The van der Waals surface area contributed by atoms with Gasteiger partial charge in [0.2, 0.25) is 0 Å². The number of aromatic nitrogens is 2. The molecule has 0 unspecified atom stereocenters. The van der Waals surface area contributed by atoms with E-state index in [-0.39, 0.29) is 11.8 Å². The summed E-state index contributed by atoms with van der Waals surface area (Å²) in [7, 11) is 1.84. The Morgan fingerprint density at radius 1 is 1.16 bits per heavy atom. The normalized spacial score (nSPS) is 14.1. The Hall–Kier alpha value is -3.15. The number of fused-ring (bicyclic) bond motifs is 1. The van der Waals surface area contributed by atoms with Crippen molar-refractivity contribution < 1.29 is 9.59 Å². The van der Waals surface area contributed by atoms with Gasteiger partial charge in [0.1, 0.15) is 0 Å².